The predicted octanol–water partition coefficient (Wildman–Crippen LogP) is 2.96. The summed E-state index contributed by atoms with van der Waals surface area (Å²) in [4.78, 5) is 0.246. The second kappa shape index (κ2) is 7.99. The smallest absolute Gasteiger partial charge is 0.240 e. The van der Waals surface area contributed by atoms with Crippen LogP contribution in [0.5, 0.6) is 11.5 Å². The first kappa shape index (κ1) is 17.3. The molecule has 0 saturated carbocycles. The van der Waals surface area contributed by atoms with Gasteiger partial charge in [-0.3, -0.25) is 0 Å². The normalized spacial score (nSPS) is 11.2. The Kier molecular flexibility index (Phi) is 6.01. The molecule has 0 amide bonds. The lowest BCUT2D eigenvalue weighted by atomic mass is 10.2. The molecular weight excluding hydrogens is 314 g/mol. The van der Waals surface area contributed by atoms with Crippen LogP contribution in [0, 0.1) is 0 Å². The summed E-state index contributed by atoms with van der Waals surface area (Å²) in [5.41, 5.74) is 0.802. The van der Waals surface area contributed by atoms with E-state index in [4.69, 9.17) is 9.47 Å². The van der Waals surface area contributed by atoms with Crippen LogP contribution in [0.1, 0.15) is 19.4 Å². The van der Waals surface area contributed by atoms with E-state index in [2.05, 4.69) is 4.72 Å². The topological polar surface area (TPSA) is 64.6 Å². The molecule has 0 aromatic heterocycles. The van der Waals surface area contributed by atoms with Crippen molar-refractivity contribution < 1.29 is 17.9 Å². The predicted molar refractivity (Wildman–Crippen MR) is 89.2 cm³/mol. The third-order valence-corrected chi connectivity index (χ3v) is 4.54. The van der Waals surface area contributed by atoms with Crippen molar-refractivity contribution in [3.8, 4) is 11.5 Å². The molecule has 0 atom stereocenters. The SMILES string of the molecule is CCOc1ccc(CNS(=O)(=O)c2ccccc2)cc1OCC. The molecule has 0 radical (unpaired) electrons. The molecule has 6 heteroatoms. The number of ether oxygens (including phenoxy) is 2. The van der Waals surface area contributed by atoms with Gasteiger partial charge in [-0.2, -0.15) is 0 Å². The Bertz CT molecular complexity index is 730. The first-order chi connectivity index (χ1) is 11.1. The minimum absolute atomic E-state index is 0.184. The van der Waals surface area contributed by atoms with E-state index < -0.39 is 10.0 Å². The Morgan fingerprint density at radius 2 is 1.57 bits per heavy atom. The van der Waals surface area contributed by atoms with Gasteiger partial charge in [0.25, 0.3) is 0 Å². The molecule has 124 valence electrons. The zero-order valence-corrected chi connectivity index (χ0v) is 14.1. The monoisotopic (exact) mass is 335 g/mol. The van der Waals surface area contributed by atoms with Gasteiger partial charge in [-0.25, -0.2) is 13.1 Å². The Labute approximate surface area is 137 Å². The Morgan fingerprint density at radius 3 is 2.22 bits per heavy atom. The van der Waals surface area contributed by atoms with Crippen LogP contribution in [0.2, 0.25) is 0 Å². The maximum Gasteiger partial charge on any atom is 0.240 e. The molecule has 2 rings (SSSR count). The summed E-state index contributed by atoms with van der Waals surface area (Å²) >= 11 is 0. The van der Waals surface area contributed by atoms with Crippen molar-refractivity contribution in [3.63, 3.8) is 0 Å². The molecule has 0 aliphatic heterocycles. The van der Waals surface area contributed by atoms with Gasteiger partial charge in [-0.1, -0.05) is 24.3 Å². The van der Waals surface area contributed by atoms with Crippen molar-refractivity contribution >= 4 is 10.0 Å². The highest BCUT2D eigenvalue weighted by Crippen LogP contribution is 2.28. The number of sulfonamides is 1. The Morgan fingerprint density at radius 1 is 0.913 bits per heavy atom. The molecule has 0 heterocycles. The van der Waals surface area contributed by atoms with Crippen molar-refractivity contribution in [2.24, 2.45) is 0 Å². The van der Waals surface area contributed by atoms with Crippen LogP contribution in [-0.2, 0) is 16.6 Å². The average Bonchev–Trinajstić information content (AvgIpc) is 2.56. The maximum absolute atomic E-state index is 12.2. The first-order valence-electron chi connectivity index (χ1n) is 7.50. The van der Waals surface area contributed by atoms with Crippen LogP contribution in [-0.4, -0.2) is 21.6 Å². The summed E-state index contributed by atoms with van der Waals surface area (Å²) < 4.78 is 38.1. The van der Waals surface area contributed by atoms with E-state index in [1.165, 1.54) is 0 Å². The largest absolute Gasteiger partial charge is 0.490 e. The second-order valence-electron chi connectivity index (χ2n) is 4.78. The summed E-state index contributed by atoms with van der Waals surface area (Å²) in [5, 5.41) is 0. The fourth-order valence-corrected chi connectivity index (χ4v) is 3.11. The van der Waals surface area contributed by atoms with Crippen molar-refractivity contribution in [2.75, 3.05) is 13.2 Å². The van der Waals surface area contributed by atoms with Crippen LogP contribution in [0.4, 0.5) is 0 Å². The van der Waals surface area contributed by atoms with Gasteiger partial charge in [0.2, 0.25) is 10.0 Å². The third-order valence-electron chi connectivity index (χ3n) is 3.13. The standard InChI is InChI=1S/C17H21NO4S/c1-3-21-16-11-10-14(12-17(16)22-4-2)13-18-23(19,20)15-8-6-5-7-9-15/h5-12,18H,3-4,13H2,1-2H3. The van der Waals surface area contributed by atoms with Crippen molar-refractivity contribution in [1.29, 1.82) is 0 Å². The number of hydrogen-bond donors (Lipinski definition) is 1. The maximum atomic E-state index is 12.2. The van der Waals surface area contributed by atoms with E-state index in [1.54, 1.807) is 42.5 Å². The van der Waals surface area contributed by atoms with Gasteiger partial charge in [0.15, 0.2) is 11.5 Å². The summed E-state index contributed by atoms with van der Waals surface area (Å²) in [5.74, 6) is 1.27. The molecule has 1 N–H and O–H groups in total. The summed E-state index contributed by atoms with van der Waals surface area (Å²) in [6.07, 6.45) is 0. The minimum Gasteiger partial charge on any atom is -0.490 e. The van der Waals surface area contributed by atoms with Gasteiger partial charge >= 0.3 is 0 Å². The molecule has 0 unspecified atom stereocenters. The average molecular weight is 335 g/mol. The van der Waals surface area contributed by atoms with Gasteiger partial charge in [-0.05, 0) is 43.7 Å². The lowest BCUT2D eigenvalue weighted by Crippen LogP contribution is -2.23. The molecule has 0 saturated heterocycles. The molecule has 0 spiro atoms. The molecule has 0 aliphatic rings. The summed E-state index contributed by atoms with van der Waals surface area (Å²) in [6.45, 7) is 5.03. The number of benzene rings is 2. The van der Waals surface area contributed by atoms with E-state index >= 15 is 0 Å². The van der Waals surface area contributed by atoms with Crippen LogP contribution < -0.4 is 14.2 Å². The van der Waals surface area contributed by atoms with Crippen molar-refractivity contribution in [2.45, 2.75) is 25.3 Å². The molecule has 0 bridgehead atoms. The minimum atomic E-state index is -3.53. The third kappa shape index (κ3) is 4.71. The molecule has 0 aliphatic carbocycles. The Hall–Kier alpha value is -2.05. The quantitative estimate of drug-likeness (QED) is 0.805. The number of hydrogen-bond acceptors (Lipinski definition) is 4. The van der Waals surface area contributed by atoms with Gasteiger partial charge in [0.05, 0.1) is 18.1 Å². The van der Waals surface area contributed by atoms with Crippen LogP contribution in [0.15, 0.2) is 53.4 Å². The first-order valence-corrected chi connectivity index (χ1v) is 8.98. The van der Waals surface area contributed by atoms with Gasteiger partial charge in [0.1, 0.15) is 0 Å². The highest BCUT2D eigenvalue weighted by atomic mass is 32.2. The highest BCUT2D eigenvalue weighted by molar-refractivity contribution is 7.89. The Balaban J connectivity index is 2.13. The zero-order chi connectivity index (χ0) is 16.7. The van der Waals surface area contributed by atoms with Crippen LogP contribution >= 0.6 is 0 Å². The number of nitrogens with one attached hydrogen (secondary N) is 1. The van der Waals surface area contributed by atoms with E-state index in [0.717, 1.165) is 5.56 Å². The zero-order valence-electron chi connectivity index (χ0n) is 13.3. The molecule has 5 nitrogen and oxygen atoms in total. The van der Waals surface area contributed by atoms with Gasteiger partial charge in [0, 0.05) is 6.54 Å². The fourth-order valence-electron chi connectivity index (χ4n) is 2.07. The second-order valence-corrected chi connectivity index (χ2v) is 6.55. The lowest BCUT2D eigenvalue weighted by Gasteiger charge is -2.13. The van der Waals surface area contributed by atoms with Crippen molar-refractivity contribution in [3.05, 3.63) is 54.1 Å². The van der Waals surface area contributed by atoms with E-state index in [-0.39, 0.29) is 11.4 Å². The fraction of sp³-hybridized carbons (Fsp3) is 0.294. The number of rotatable bonds is 8. The van der Waals surface area contributed by atoms with Gasteiger partial charge < -0.3 is 9.47 Å². The van der Waals surface area contributed by atoms with Crippen LogP contribution in [0.25, 0.3) is 0 Å². The van der Waals surface area contributed by atoms with Crippen molar-refractivity contribution in [1.82, 2.24) is 4.72 Å². The summed E-state index contributed by atoms with van der Waals surface area (Å²) in [6, 6.07) is 13.7. The highest BCUT2D eigenvalue weighted by Gasteiger charge is 2.13. The van der Waals surface area contributed by atoms with Crippen LogP contribution in [0.3, 0.4) is 0 Å². The van der Waals surface area contributed by atoms with Gasteiger partial charge in [-0.15, -0.1) is 0 Å². The molecular formula is C17H21NO4S. The van der Waals surface area contributed by atoms with E-state index in [9.17, 15) is 8.42 Å². The lowest BCUT2D eigenvalue weighted by molar-refractivity contribution is 0.287. The molecule has 2 aromatic rings. The molecule has 23 heavy (non-hydrogen) atoms. The van der Waals surface area contributed by atoms with E-state index in [1.807, 2.05) is 19.9 Å². The molecule has 0 fully saturated rings. The molecule has 2 aromatic carbocycles. The van der Waals surface area contributed by atoms with E-state index in [0.29, 0.717) is 24.7 Å². The summed E-state index contributed by atoms with van der Waals surface area (Å²) in [7, 11) is -3.53.